The summed E-state index contributed by atoms with van der Waals surface area (Å²) >= 11 is 1.37. The molecule has 0 fully saturated rings. The van der Waals surface area contributed by atoms with Crippen molar-refractivity contribution >= 4 is 11.5 Å². The molecule has 6 nitrogen and oxygen atoms in total. The lowest BCUT2D eigenvalue weighted by atomic mass is 10.4. The van der Waals surface area contributed by atoms with Crippen molar-refractivity contribution in [1.29, 1.82) is 0 Å². The van der Waals surface area contributed by atoms with Gasteiger partial charge in [-0.25, -0.2) is 4.98 Å². The van der Waals surface area contributed by atoms with Gasteiger partial charge in [0.1, 0.15) is 6.33 Å². The molecule has 7 heteroatoms. The van der Waals surface area contributed by atoms with Gasteiger partial charge in [-0.05, 0) is 11.5 Å². The quantitative estimate of drug-likeness (QED) is 0.724. The largest absolute Gasteiger partial charge is 0.311 e. The Hall–Kier alpha value is -1.34. The van der Waals surface area contributed by atoms with Gasteiger partial charge in [-0.2, -0.15) is 5.10 Å². The van der Waals surface area contributed by atoms with Gasteiger partial charge in [0.15, 0.2) is 5.82 Å². The first-order chi connectivity index (χ1) is 7.34. The molecule has 2 aromatic rings. The molecule has 0 saturated heterocycles. The highest BCUT2D eigenvalue weighted by Gasteiger charge is 1.99. The Morgan fingerprint density at radius 1 is 1.53 bits per heavy atom. The van der Waals surface area contributed by atoms with Crippen molar-refractivity contribution in [3.05, 3.63) is 23.2 Å². The van der Waals surface area contributed by atoms with E-state index in [1.54, 1.807) is 11.0 Å². The number of nitrogens with one attached hydrogen (secondary N) is 1. The first kappa shape index (κ1) is 10.2. The van der Waals surface area contributed by atoms with Crippen LogP contribution in [0.1, 0.15) is 11.5 Å². The molecule has 0 unspecified atom stereocenters. The number of aryl methyl sites for hydroxylation is 1. The van der Waals surface area contributed by atoms with Gasteiger partial charge in [0.2, 0.25) is 0 Å². The van der Waals surface area contributed by atoms with E-state index in [4.69, 9.17) is 0 Å². The van der Waals surface area contributed by atoms with Crippen LogP contribution in [0.4, 0.5) is 0 Å². The summed E-state index contributed by atoms with van der Waals surface area (Å²) in [5.74, 6) is 0.862. The number of hydrogen-bond acceptors (Lipinski definition) is 6. The molecule has 0 spiro atoms. The summed E-state index contributed by atoms with van der Waals surface area (Å²) in [6.07, 6.45) is 2.54. The van der Waals surface area contributed by atoms with Crippen LogP contribution in [0, 0.1) is 0 Å². The zero-order chi connectivity index (χ0) is 10.5. The van der Waals surface area contributed by atoms with E-state index in [0.717, 1.165) is 31.0 Å². The van der Waals surface area contributed by atoms with Crippen molar-refractivity contribution in [3.63, 3.8) is 0 Å². The van der Waals surface area contributed by atoms with E-state index in [1.807, 2.05) is 12.4 Å². The van der Waals surface area contributed by atoms with Crippen molar-refractivity contribution in [2.45, 2.75) is 13.0 Å². The Balaban J connectivity index is 1.67. The second-order valence-electron chi connectivity index (χ2n) is 3.16. The molecule has 0 aliphatic carbocycles. The SMILES string of the molecule is Cn1cnc(CCNCc2csnn2)n1. The Morgan fingerprint density at radius 3 is 3.13 bits per heavy atom. The highest BCUT2D eigenvalue weighted by Crippen LogP contribution is 1.95. The topological polar surface area (TPSA) is 68.5 Å². The van der Waals surface area contributed by atoms with Crippen LogP contribution in [0.5, 0.6) is 0 Å². The molecule has 2 heterocycles. The van der Waals surface area contributed by atoms with Gasteiger partial charge in [0, 0.05) is 31.9 Å². The minimum absolute atomic E-state index is 0.753. The van der Waals surface area contributed by atoms with E-state index in [-0.39, 0.29) is 0 Å². The average molecular weight is 224 g/mol. The van der Waals surface area contributed by atoms with Crippen molar-refractivity contribution in [2.24, 2.45) is 7.05 Å². The van der Waals surface area contributed by atoms with Gasteiger partial charge in [-0.3, -0.25) is 4.68 Å². The van der Waals surface area contributed by atoms with Crippen molar-refractivity contribution in [3.8, 4) is 0 Å². The standard InChI is InChI=1S/C8H12N6S/c1-14-6-10-8(12-14)2-3-9-4-7-5-15-13-11-7/h5-6,9H,2-4H2,1H3. The first-order valence-electron chi connectivity index (χ1n) is 4.66. The Kier molecular flexibility index (Phi) is 3.36. The number of aromatic nitrogens is 5. The monoisotopic (exact) mass is 224 g/mol. The van der Waals surface area contributed by atoms with Crippen LogP contribution in [0.25, 0.3) is 0 Å². The first-order valence-corrected chi connectivity index (χ1v) is 5.49. The van der Waals surface area contributed by atoms with Crippen molar-refractivity contribution in [1.82, 2.24) is 29.7 Å². The van der Waals surface area contributed by atoms with E-state index < -0.39 is 0 Å². The molecule has 15 heavy (non-hydrogen) atoms. The minimum atomic E-state index is 0.753. The van der Waals surface area contributed by atoms with Crippen LogP contribution in [-0.2, 0) is 20.0 Å². The van der Waals surface area contributed by atoms with Crippen LogP contribution in [-0.4, -0.2) is 30.9 Å². The smallest absolute Gasteiger partial charge is 0.151 e. The summed E-state index contributed by atoms with van der Waals surface area (Å²) in [7, 11) is 1.87. The molecule has 0 saturated carbocycles. The fraction of sp³-hybridized carbons (Fsp3) is 0.500. The summed E-state index contributed by atoms with van der Waals surface area (Å²) in [5.41, 5.74) is 0.981. The molecule has 2 aromatic heterocycles. The highest BCUT2D eigenvalue weighted by molar-refractivity contribution is 7.03. The van der Waals surface area contributed by atoms with Gasteiger partial charge in [0.25, 0.3) is 0 Å². The normalized spacial score (nSPS) is 10.7. The van der Waals surface area contributed by atoms with E-state index >= 15 is 0 Å². The van der Waals surface area contributed by atoms with Crippen molar-refractivity contribution in [2.75, 3.05) is 6.54 Å². The van der Waals surface area contributed by atoms with Crippen LogP contribution < -0.4 is 5.32 Å². The van der Waals surface area contributed by atoms with Crippen LogP contribution in [0.2, 0.25) is 0 Å². The van der Waals surface area contributed by atoms with Crippen LogP contribution in [0.15, 0.2) is 11.7 Å². The number of hydrogen-bond donors (Lipinski definition) is 1. The molecular weight excluding hydrogens is 212 g/mol. The third-order valence-electron chi connectivity index (χ3n) is 1.88. The summed E-state index contributed by atoms with van der Waals surface area (Å²) in [5, 5.41) is 13.3. The van der Waals surface area contributed by atoms with Gasteiger partial charge in [-0.1, -0.05) is 4.49 Å². The third kappa shape index (κ3) is 3.07. The van der Waals surface area contributed by atoms with Gasteiger partial charge < -0.3 is 5.32 Å². The second-order valence-corrected chi connectivity index (χ2v) is 3.77. The van der Waals surface area contributed by atoms with E-state index in [2.05, 4.69) is 25.0 Å². The van der Waals surface area contributed by atoms with Gasteiger partial charge >= 0.3 is 0 Å². The maximum atomic E-state index is 4.18. The molecule has 0 aromatic carbocycles. The van der Waals surface area contributed by atoms with Crippen LogP contribution in [0.3, 0.4) is 0 Å². The molecule has 2 rings (SSSR count). The average Bonchev–Trinajstić information content (AvgIpc) is 2.84. The molecule has 0 aliphatic rings. The third-order valence-corrected chi connectivity index (χ3v) is 2.44. The molecular formula is C8H12N6S. The van der Waals surface area contributed by atoms with Gasteiger partial charge in [-0.15, -0.1) is 5.10 Å². The summed E-state index contributed by atoms with van der Waals surface area (Å²) in [6.45, 7) is 1.60. The minimum Gasteiger partial charge on any atom is -0.311 e. The number of nitrogens with zero attached hydrogens (tertiary/aromatic N) is 5. The lowest BCUT2D eigenvalue weighted by Crippen LogP contribution is -2.17. The predicted molar refractivity (Wildman–Crippen MR) is 56.3 cm³/mol. The second kappa shape index (κ2) is 4.94. The van der Waals surface area contributed by atoms with E-state index in [0.29, 0.717) is 0 Å². The van der Waals surface area contributed by atoms with E-state index in [1.165, 1.54) is 11.5 Å². The molecule has 0 radical (unpaired) electrons. The van der Waals surface area contributed by atoms with Crippen molar-refractivity contribution < 1.29 is 0 Å². The summed E-state index contributed by atoms with van der Waals surface area (Å²) in [4.78, 5) is 4.14. The molecule has 80 valence electrons. The van der Waals surface area contributed by atoms with Crippen LogP contribution >= 0.6 is 11.5 Å². The molecule has 1 N–H and O–H groups in total. The Morgan fingerprint density at radius 2 is 2.47 bits per heavy atom. The molecule has 0 amide bonds. The highest BCUT2D eigenvalue weighted by atomic mass is 32.1. The fourth-order valence-electron chi connectivity index (χ4n) is 1.18. The van der Waals surface area contributed by atoms with Gasteiger partial charge in [0.05, 0.1) is 5.69 Å². The Bertz CT molecular complexity index is 395. The maximum absolute atomic E-state index is 4.18. The van der Waals surface area contributed by atoms with E-state index in [9.17, 15) is 0 Å². The maximum Gasteiger partial charge on any atom is 0.151 e. The zero-order valence-corrected chi connectivity index (χ0v) is 9.24. The summed E-state index contributed by atoms with van der Waals surface area (Å²) in [6, 6.07) is 0. The lowest BCUT2D eigenvalue weighted by Gasteiger charge is -1.98. The molecule has 0 aliphatic heterocycles. The number of rotatable bonds is 5. The fourth-order valence-corrected chi connectivity index (χ4v) is 1.63. The zero-order valence-electron chi connectivity index (χ0n) is 8.42. The summed E-state index contributed by atoms with van der Waals surface area (Å²) < 4.78 is 5.49. The molecule has 0 atom stereocenters. The Labute approximate surface area is 91.5 Å². The predicted octanol–water partition coefficient (Wildman–Crippen LogP) is -0.00110. The molecule has 0 bridgehead atoms. The lowest BCUT2D eigenvalue weighted by molar-refractivity contribution is 0.651.